The molecule has 1 heterocycles. The molecule has 0 radical (unpaired) electrons. The summed E-state index contributed by atoms with van der Waals surface area (Å²) in [6.07, 6.45) is 0. The van der Waals surface area contributed by atoms with E-state index in [-0.39, 0.29) is 23.5 Å². The molecule has 2 aromatic carbocycles. The van der Waals surface area contributed by atoms with Crippen LogP contribution in [0.1, 0.15) is 12.7 Å². The molecule has 0 bridgehead atoms. The van der Waals surface area contributed by atoms with Crippen LogP contribution in [-0.2, 0) is 21.2 Å². The molecule has 0 saturated heterocycles. The second-order valence-electron chi connectivity index (χ2n) is 6.15. The highest BCUT2D eigenvalue weighted by Crippen LogP contribution is 2.16. The van der Waals surface area contributed by atoms with Crippen LogP contribution in [0.2, 0.25) is 5.02 Å². The van der Waals surface area contributed by atoms with E-state index in [2.05, 4.69) is 9.97 Å². The van der Waals surface area contributed by atoms with Gasteiger partial charge in [-0.05, 0) is 43.3 Å². The Balaban J connectivity index is 1.80. The molecule has 1 amide bonds. The van der Waals surface area contributed by atoms with Gasteiger partial charge in [0.2, 0.25) is 5.91 Å². The third-order valence-electron chi connectivity index (χ3n) is 4.22. The lowest BCUT2D eigenvalue weighted by atomic mass is 10.2. The Morgan fingerprint density at radius 3 is 2.50 bits per heavy atom. The van der Waals surface area contributed by atoms with Gasteiger partial charge in [0, 0.05) is 11.6 Å². The van der Waals surface area contributed by atoms with Crippen molar-refractivity contribution in [3.8, 4) is 0 Å². The quantitative estimate of drug-likeness (QED) is 0.661. The molecular weight excluding hydrogens is 402 g/mol. The fraction of sp³-hybridized carbons (Fsp3) is 0.211. The number of nitrogens with zero attached hydrogens (tertiary/aromatic N) is 2. The highest BCUT2D eigenvalue weighted by Gasteiger charge is 2.23. The zero-order valence-corrected chi connectivity index (χ0v) is 16.6. The lowest BCUT2D eigenvalue weighted by Crippen LogP contribution is -2.36. The molecular formula is C19H18ClN3O4S. The molecule has 0 aliphatic carbocycles. The minimum absolute atomic E-state index is 0.00550. The number of hydrogen-bond acceptors (Lipinski definition) is 5. The fourth-order valence-corrected chi connectivity index (χ4v) is 4.10. The molecule has 1 aromatic heterocycles. The van der Waals surface area contributed by atoms with Crippen LogP contribution in [0, 0.1) is 0 Å². The number of benzene rings is 2. The summed E-state index contributed by atoms with van der Waals surface area (Å²) in [5, 5.41) is 0.859. The van der Waals surface area contributed by atoms with Gasteiger partial charge >= 0.3 is 0 Å². The average molecular weight is 420 g/mol. The molecule has 0 unspecified atom stereocenters. The van der Waals surface area contributed by atoms with Gasteiger partial charge in [-0.3, -0.25) is 9.59 Å². The second-order valence-corrected chi connectivity index (χ2v) is 8.58. The van der Waals surface area contributed by atoms with Crippen LogP contribution in [0.3, 0.4) is 0 Å². The molecule has 28 heavy (non-hydrogen) atoms. The third kappa shape index (κ3) is 4.40. The second kappa shape index (κ2) is 8.12. The summed E-state index contributed by atoms with van der Waals surface area (Å²) in [7, 11) is -3.81. The molecule has 0 fully saturated rings. The Morgan fingerprint density at radius 2 is 1.82 bits per heavy atom. The third-order valence-corrected chi connectivity index (χ3v) is 6.09. The van der Waals surface area contributed by atoms with E-state index in [4.69, 9.17) is 11.6 Å². The Morgan fingerprint density at radius 1 is 1.14 bits per heavy atom. The van der Waals surface area contributed by atoms with Crippen LogP contribution in [0.4, 0.5) is 0 Å². The normalized spacial score (nSPS) is 11.5. The van der Waals surface area contributed by atoms with E-state index in [1.54, 1.807) is 31.2 Å². The first kappa shape index (κ1) is 20.0. The van der Waals surface area contributed by atoms with Crippen molar-refractivity contribution in [2.45, 2.75) is 18.4 Å². The molecule has 7 nitrogen and oxygen atoms in total. The van der Waals surface area contributed by atoms with Gasteiger partial charge < -0.3 is 9.88 Å². The predicted octanol–water partition coefficient (Wildman–Crippen LogP) is 2.40. The molecule has 3 rings (SSSR count). The standard InChI is InChI=1S/C19H18ClN3O4S/c1-2-23(11-17-21-16-6-4-3-5-15(16)19(25)22-17)18(24)12-28(26,27)14-9-7-13(20)8-10-14/h3-10H,2,11-12H2,1H3,(H,21,22,25). The summed E-state index contributed by atoms with van der Waals surface area (Å²) in [5.74, 6) is -0.962. The lowest BCUT2D eigenvalue weighted by molar-refractivity contribution is -0.128. The molecule has 0 spiro atoms. The molecule has 0 aliphatic rings. The van der Waals surface area contributed by atoms with Crippen molar-refractivity contribution in [1.82, 2.24) is 14.9 Å². The number of rotatable bonds is 6. The number of amides is 1. The SMILES string of the molecule is CCN(Cc1nc2ccccc2c(=O)[nH]1)C(=O)CS(=O)(=O)c1ccc(Cl)cc1. The fourth-order valence-electron chi connectivity index (χ4n) is 2.75. The van der Waals surface area contributed by atoms with Crippen LogP contribution in [-0.4, -0.2) is 41.5 Å². The highest BCUT2D eigenvalue weighted by molar-refractivity contribution is 7.92. The number of halogens is 1. The summed E-state index contributed by atoms with van der Waals surface area (Å²) < 4.78 is 25.0. The Labute approximate surface area is 166 Å². The number of H-pyrrole nitrogens is 1. The maximum Gasteiger partial charge on any atom is 0.258 e. The van der Waals surface area contributed by atoms with Crippen molar-refractivity contribution in [2.24, 2.45) is 0 Å². The van der Waals surface area contributed by atoms with Crippen molar-refractivity contribution in [3.05, 3.63) is 69.7 Å². The van der Waals surface area contributed by atoms with Crippen molar-refractivity contribution < 1.29 is 13.2 Å². The lowest BCUT2D eigenvalue weighted by Gasteiger charge is -2.20. The largest absolute Gasteiger partial charge is 0.335 e. The molecule has 1 N–H and O–H groups in total. The van der Waals surface area contributed by atoms with Crippen molar-refractivity contribution in [3.63, 3.8) is 0 Å². The molecule has 146 valence electrons. The summed E-state index contributed by atoms with van der Waals surface area (Å²) in [6, 6.07) is 12.5. The predicted molar refractivity (Wildman–Crippen MR) is 107 cm³/mol. The van der Waals surface area contributed by atoms with Crippen LogP contribution < -0.4 is 5.56 Å². The maximum atomic E-state index is 12.6. The summed E-state index contributed by atoms with van der Waals surface area (Å²) in [6.45, 7) is 2.00. The number of nitrogens with one attached hydrogen (secondary N) is 1. The number of sulfone groups is 1. The highest BCUT2D eigenvalue weighted by atomic mass is 35.5. The number of hydrogen-bond donors (Lipinski definition) is 1. The van der Waals surface area contributed by atoms with Gasteiger partial charge in [-0.2, -0.15) is 0 Å². The molecule has 9 heteroatoms. The number of aromatic nitrogens is 2. The van der Waals surface area contributed by atoms with Gasteiger partial charge in [0.05, 0.1) is 22.3 Å². The monoisotopic (exact) mass is 419 g/mol. The number of fused-ring (bicyclic) bond motifs is 1. The Kier molecular flexibility index (Phi) is 5.81. The van der Waals surface area contributed by atoms with E-state index in [0.717, 1.165) is 0 Å². The van der Waals surface area contributed by atoms with Crippen LogP contribution in [0.5, 0.6) is 0 Å². The van der Waals surface area contributed by atoms with E-state index >= 15 is 0 Å². The topological polar surface area (TPSA) is 100 Å². The number of aromatic amines is 1. The van der Waals surface area contributed by atoms with Crippen molar-refractivity contribution in [1.29, 1.82) is 0 Å². The number of carbonyl (C=O) groups excluding carboxylic acids is 1. The summed E-state index contributed by atoms with van der Waals surface area (Å²) in [5.41, 5.74) is 0.205. The first-order chi connectivity index (χ1) is 13.3. The van der Waals surface area contributed by atoms with Crippen LogP contribution in [0.25, 0.3) is 10.9 Å². The van der Waals surface area contributed by atoms with E-state index in [1.165, 1.54) is 29.2 Å². The zero-order chi connectivity index (χ0) is 20.3. The van der Waals surface area contributed by atoms with E-state index < -0.39 is 21.5 Å². The maximum absolute atomic E-state index is 12.6. The number of carbonyl (C=O) groups is 1. The van der Waals surface area contributed by atoms with Crippen molar-refractivity contribution >= 4 is 38.2 Å². The molecule has 0 saturated carbocycles. The van der Waals surface area contributed by atoms with Gasteiger partial charge in [0.25, 0.3) is 5.56 Å². The van der Waals surface area contributed by atoms with Gasteiger partial charge in [-0.15, -0.1) is 0 Å². The first-order valence-corrected chi connectivity index (χ1v) is 10.6. The zero-order valence-electron chi connectivity index (χ0n) is 15.1. The van der Waals surface area contributed by atoms with Gasteiger partial charge in [0.15, 0.2) is 9.84 Å². The van der Waals surface area contributed by atoms with E-state index in [9.17, 15) is 18.0 Å². The summed E-state index contributed by atoms with van der Waals surface area (Å²) >= 11 is 5.78. The van der Waals surface area contributed by atoms with Gasteiger partial charge in [0.1, 0.15) is 11.6 Å². The molecule has 0 aliphatic heterocycles. The minimum Gasteiger partial charge on any atom is -0.335 e. The van der Waals surface area contributed by atoms with E-state index in [1.807, 2.05) is 0 Å². The average Bonchev–Trinajstić information content (AvgIpc) is 2.66. The Hall–Kier alpha value is -2.71. The van der Waals surface area contributed by atoms with Gasteiger partial charge in [-0.1, -0.05) is 23.7 Å². The van der Waals surface area contributed by atoms with Crippen LogP contribution in [0.15, 0.2) is 58.2 Å². The first-order valence-electron chi connectivity index (χ1n) is 8.54. The minimum atomic E-state index is -3.81. The summed E-state index contributed by atoms with van der Waals surface area (Å²) in [4.78, 5) is 33.1. The molecule has 3 aromatic rings. The van der Waals surface area contributed by atoms with E-state index in [0.29, 0.717) is 21.7 Å². The van der Waals surface area contributed by atoms with Crippen molar-refractivity contribution in [2.75, 3.05) is 12.3 Å². The molecule has 0 atom stereocenters. The number of para-hydroxylation sites is 1. The Bertz CT molecular complexity index is 1170. The van der Waals surface area contributed by atoms with Gasteiger partial charge in [-0.25, -0.2) is 13.4 Å². The van der Waals surface area contributed by atoms with Crippen LogP contribution >= 0.6 is 11.6 Å². The smallest absolute Gasteiger partial charge is 0.258 e.